The van der Waals surface area contributed by atoms with E-state index in [0.29, 0.717) is 30.3 Å². The Morgan fingerprint density at radius 3 is 3.06 bits per heavy atom. The third kappa shape index (κ3) is 3.39. The van der Waals surface area contributed by atoms with Crippen LogP contribution in [0.5, 0.6) is 0 Å². The van der Waals surface area contributed by atoms with E-state index in [1.807, 2.05) is 0 Å². The first kappa shape index (κ1) is 12.8. The second kappa shape index (κ2) is 5.78. The van der Waals surface area contributed by atoms with E-state index in [0.717, 1.165) is 6.54 Å². The standard InChI is InChI=1S/C12H15ClFNO2/c13-10-2-1-9(12(14)5-10)6-15-3-4-17-11(7-15)8-16/h1-2,5,11,16H,3-4,6-8H2. The minimum Gasteiger partial charge on any atom is -0.394 e. The molecule has 0 bridgehead atoms. The summed E-state index contributed by atoms with van der Waals surface area (Å²) in [5.74, 6) is -0.287. The molecule has 1 heterocycles. The smallest absolute Gasteiger partial charge is 0.129 e. The van der Waals surface area contributed by atoms with Gasteiger partial charge in [-0.25, -0.2) is 4.39 Å². The van der Waals surface area contributed by atoms with Crippen LogP contribution in [0.25, 0.3) is 0 Å². The van der Waals surface area contributed by atoms with Gasteiger partial charge in [0, 0.05) is 30.2 Å². The Kier molecular flexibility index (Phi) is 4.34. The molecule has 3 nitrogen and oxygen atoms in total. The minimum absolute atomic E-state index is 0.000397. The van der Waals surface area contributed by atoms with Crippen LogP contribution >= 0.6 is 11.6 Å². The van der Waals surface area contributed by atoms with Crippen molar-refractivity contribution in [3.8, 4) is 0 Å². The molecule has 17 heavy (non-hydrogen) atoms. The highest BCUT2D eigenvalue weighted by molar-refractivity contribution is 6.30. The van der Waals surface area contributed by atoms with Gasteiger partial charge in [-0.1, -0.05) is 17.7 Å². The lowest BCUT2D eigenvalue weighted by Crippen LogP contribution is -2.43. The van der Waals surface area contributed by atoms with Crippen LogP contribution in [-0.2, 0) is 11.3 Å². The maximum atomic E-state index is 13.6. The number of ether oxygens (including phenoxy) is 1. The predicted molar refractivity (Wildman–Crippen MR) is 63.5 cm³/mol. The maximum absolute atomic E-state index is 13.6. The molecule has 5 heteroatoms. The second-order valence-electron chi connectivity index (χ2n) is 4.15. The number of rotatable bonds is 3. The molecule has 1 aromatic carbocycles. The first-order chi connectivity index (χ1) is 8.19. The highest BCUT2D eigenvalue weighted by Crippen LogP contribution is 2.17. The van der Waals surface area contributed by atoms with Crippen molar-refractivity contribution < 1.29 is 14.2 Å². The number of nitrogens with zero attached hydrogens (tertiary/aromatic N) is 1. The average molecular weight is 260 g/mol. The van der Waals surface area contributed by atoms with Crippen molar-refractivity contribution in [2.24, 2.45) is 0 Å². The van der Waals surface area contributed by atoms with E-state index >= 15 is 0 Å². The zero-order valence-electron chi connectivity index (χ0n) is 9.40. The monoisotopic (exact) mass is 259 g/mol. The van der Waals surface area contributed by atoms with E-state index in [-0.39, 0.29) is 18.5 Å². The van der Waals surface area contributed by atoms with Crippen LogP contribution in [-0.4, -0.2) is 42.4 Å². The molecule has 0 radical (unpaired) electrons. The zero-order valence-corrected chi connectivity index (χ0v) is 10.2. The van der Waals surface area contributed by atoms with Crippen LogP contribution in [0.4, 0.5) is 4.39 Å². The molecule has 0 aliphatic carbocycles. The quantitative estimate of drug-likeness (QED) is 0.896. The van der Waals surface area contributed by atoms with Crippen LogP contribution in [0, 0.1) is 5.82 Å². The van der Waals surface area contributed by atoms with Gasteiger partial charge in [0.15, 0.2) is 0 Å². The lowest BCUT2D eigenvalue weighted by molar-refractivity contribution is -0.0553. The summed E-state index contributed by atoms with van der Waals surface area (Å²) in [7, 11) is 0. The summed E-state index contributed by atoms with van der Waals surface area (Å²) in [5, 5.41) is 9.43. The molecule has 0 aromatic heterocycles. The van der Waals surface area contributed by atoms with Gasteiger partial charge in [0.05, 0.1) is 19.3 Å². The molecule has 1 fully saturated rings. The summed E-state index contributed by atoms with van der Waals surface area (Å²) in [6.07, 6.45) is -0.167. The van der Waals surface area contributed by atoms with Gasteiger partial charge in [-0.3, -0.25) is 4.90 Å². The van der Waals surface area contributed by atoms with Crippen molar-refractivity contribution >= 4 is 11.6 Å². The van der Waals surface area contributed by atoms with Crippen molar-refractivity contribution in [2.45, 2.75) is 12.6 Å². The fourth-order valence-electron chi connectivity index (χ4n) is 1.93. The summed E-state index contributed by atoms with van der Waals surface area (Å²) in [4.78, 5) is 2.07. The van der Waals surface area contributed by atoms with Crippen LogP contribution < -0.4 is 0 Å². The second-order valence-corrected chi connectivity index (χ2v) is 4.58. The lowest BCUT2D eigenvalue weighted by atomic mass is 10.2. The topological polar surface area (TPSA) is 32.7 Å². The van der Waals surface area contributed by atoms with Crippen molar-refractivity contribution in [1.82, 2.24) is 4.90 Å². The molecule has 1 saturated heterocycles. The molecule has 0 amide bonds. The van der Waals surface area contributed by atoms with Crippen LogP contribution in [0.1, 0.15) is 5.56 Å². The molecule has 2 rings (SSSR count). The van der Waals surface area contributed by atoms with Gasteiger partial charge in [0.2, 0.25) is 0 Å². The number of hydrogen-bond donors (Lipinski definition) is 1. The summed E-state index contributed by atoms with van der Waals surface area (Å²) in [6.45, 7) is 2.46. The van der Waals surface area contributed by atoms with Gasteiger partial charge in [0.25, 0.3) is 0 Å². The highest BCUT2D eigenvalue weighted by Gasteiger charge is 2.20. The normalized spacial score (nSPS) is 21.7. The summed E-state index contributed by atoms with van der Waals surface area (Å²) in [6, 6.07) is 4.70. The van der Waals surface area contributed by atoms with Gasteiger partial charge in [-0.15, -0.1) is 0 Å². The predicted octanol–water partition coefficient (Wildman–Crippen LogP) is 1.67. The third-order valence-corrected chi connectivity index (χ3v) is 3.07. The largest absolute Gasteiger partial charge is 0.394 e. The zero-order chi connectivity index (χ0) is 12.3. The Morgan fingerprint density at radius 1 is 1.53 bits per heavy atom. The van der Waals surface area contributed by atoms with E-state index in [4.69, 9.17) is 21.4 Å². The Labute approximate surface area is 105 Å². The number of morpholine rings is 1. The van der Waals surface area contributed by atoms with Crippen molar-refractivity contribution in [2.75, 3.05) is 26.3 Å². The Bertz CT molecular complexity index is 389. The fraction of sp³-hybridized carbons (Fsp3) is 0.500. The van der Waals surface area contributed by atoms with Crippen LogP contribution in [0.15, 0.2) is 18.2 Å². The number of aliphatic hydroxyl groups is 1. The van der Waals surface area contributed by atoms with Gasteiger partial charge in [0.1, 0.15) is 5.82 Å². The number of halogens is 2. The maximum Gasteiger partial charge on any atom is 0.129 e. The summed E-state index contributed by atoms with van der Waals surface area (Å²) in [5.41, 5.74) is 0.619. The number of hydrogen-bond acceptors (Lipinski definition) is 3. The molecule has 1 aromatic rings. The van der Waals surface area contributed by atoms with E-state index in [1.54, 1.807) is 12.1 Å². The number of benzene rings is 1. The lowest BCUT2D eigenvalue weighted by Gasteiger charge is -2.32. The SMILES string of the molecule is OCC1CN(Cc2ccc(Cl)cc2F)CCO1. The molecule has 0 saturated carbocycles. The van der Waals surface area contributed by atoms with Gasteiger partial charge < -0.3 is 9.84 Å². The van der Waals surface area contributed by atoms with Crippen LogP contribution in [0.2, 0.25) is 5.02 Å². The Balaban J connectivity index is 2.00. The molecular formula is C12H15ClFNO2. The molecule has 1 N–H and O–H groups in total. The van der Waals surface area contributed by atoms with Gasteiger partial charge in [-0.2, -0.15) is 0 Å². The van der Waals surface area contributed by atoms with E-state index in [2.05, 4.69) is 4.90 Å². The fourth-order valence-corrected chi connectivity index (χ4v) is 2.08. The van der Waals surface area contributed by atoms with Crippen molar-refractivity contribution in [3.05, 3.63) is 34.6 Å². The summed E-state index contributed by atoms with van der Waals surface area (Å²) < 4.78 is 18.9. The molecule has 1 aliphatic heterocycles. The first-order valence-corrected chi connectivity index (χ1v) is 5.95. The Hall–Kier alpha value is -0.680. The third-order valence-electron chi connectivity index (χ3n) is 2.84. The van der Waals surface area contributed by atoms with E-state index in [9.17, 15) is 4.39 Å². The van der Waals surface area contributed by atoms with Gasteiger partial charge >= 0.3 is 0 Å². The van der Waals surface area contributed by atoms with Gasteiger partial charge in [-0.05, 0) is 12.1 Å². The molecule has 1 unspecified atom stereocenters. The minimum atomic E-state index is -0.287. The van der Waals surface area contributed by atoms with E-state index in [1.165, 1.54) is 6.07 Å². The first-order valence-electron chi connectivity index (χ1n) is 5.58. The molecule has 1 atom stereocenters. The molecule has 1 aliphatic rings. The highest BCUT2D eigenvalue weighted by atomic mass is 35.5. The van der Waals surface area contributed by atoms with E-state index < -0.39 is 0 Å². The van der Waals surface area contributed by atoms with Crippen molar-refractivity contribution in [3.63, 3.8) is 0 Å². The molecule has 0 spiro atoms. The van der Waals surface area contributed by atoms with Crippen LogP contribution in [0.3, 0.4) is 0 Å². The average Bonchev–Trinajstić information content (AvgIpc) is 2.33. The molecule has 94 valence electrons. The Morgan fingerprint density at radius 2 is 2.35 bits per heavy atom. The number of aliphatic hydroxyl groups excluding tert-OH is 1. The van der Waals surface area contributed by atoms with Crippen molar-refractivity contribution in [1.29, 1.82) is 0 Å². The summed E-state index contributed by atoms with van der Waals surface area (Å²) >= 11 is 5.70. The molecular weight excluding hydrogens is 245 g/mol.